The molecule has 0 radical (unpaired) electrons. The Hall–Kier alpha value is -1.10. The van der Waals surface area contributed by atoms with E-state index in [2.05, 4.69) is 0 Å². The van der Waals surface area contributed by atoms with Gasteiger partial charge in [0, 0.05) is 12.1 Å². The van der Waals surface area contributed by atoms with Gasteiger partial charge in [-0.1, -0.05) is 0 Å². The summed E-state index contributed by atoms with van der Waals surface area (Å²) in [6.45, 7) is 5.96. The van der Waals surface area contributed by atoms with Crippen LogP contribution in [0.25, 0.3) is 0 Å². The lowest BCUT2D eigenvalue weighted by Crippen LogP contribution is -2.49. The third-order valence-corrected chi connectivity index (χ3v) is 2.83. The molecule has 0 bridgehead atoms. The predicted molar refractivity (Wildman–Crippen MR) is 62.7 cm³/mol. The summed E-state index contributed by atoms with van der Waals surface area (Å²) in [5, 5.41) is 8.83. The smallest absolute Gasteiger partial charge is 0.323 e. The van der Waals surface area contributed by atoms with Crippen molar-refractivity contribution in [1.82, 2.24) is 4.90 Å². The van der Waals surface area contributed by atoms with Gasteiger partial charge in [-0.3, -0.25) is 9.59 Å². The van der Waals surface area contributed by atoms with Gasteiger partial charge in [0.1, 0.15) is 6.54 Å². The number of aliphatic carboxylic acids is 1. The van der Waals surface area contributed by atoms with Crippen molar-refractivity contribution in [2.24, 2.45) is 0 Å². The number of carbonyl (C=O) groups is 2. The van der Waals surface area contributed by atoms with Crippen molar-refractivity contribution in [1.29, 1.82) is 0 Å². The summed E-state index contributed by atoms with van der Waals surface area (Å²) >= 11 is 0. The zero-order chi connectivity index (χ0) is 13.1. The van der Waals surface area contributed by atoms with Crippen LogP contribution in [-0.2, 0) is 14.3 Å². The summed E-state index contributed by atoms with van der Waals surface area (Å²) in [5.74, 6) is -1.13. The fraction of sp³-hybridized carbons (Fsp3) is 0.833. The summed E-state index contributed by atoms with van der Waals surface area (Å²) < 4.78 is 5.40. The van der Waals surface area contributed by atoms with E-state index in [1.54, 1.807) is 0 Å². The van der Waals surface area contributed by atoms with Gasteiger partial charge in [0.05, 0.1) is 12.5 Å². The first kappa shape index (κ1) is 14.0. The summed E-state index contributed by atoms with van der Waals surface area (Å²) in [7, 11) is 0. The van der Waals surface area contributed by atoms with Crippen molar-refractivity contribution >= 4 is 11.9 Å². The molecule has 5 heteroatoms. The van der Waals surface area contributed by atoms with Crippen LogP contribution in [0.2, 0.25) is 0 Å². The Balaban J connectivity index is 2.61. The Kier molecular flexibility index (Phi) is 4.51. The second kappa shape index (κ2) is 5.49. The van der Waals surface area contributed by atoms with Crippen LogP contribution in [0.3, 0.4) is 0 Å². The minimum absolute atomic E-state index is 0.0406. The van der Waals surface area contributed by atoms with Gasteiger partial charge in [-0.2, -0.15) is 0 Å². The highest BCUT2D eigenvalue weighted by molar-refractivity contribution is 5.82. The number of rotatable bonds is 4. The maximum absolute atomic E-state index is 12.1. The molecule has 0 aromatic heterocycles. The maximum atomic E-state index is 12.1. The van der Waals surface area contributed by atoms with Gasteiger partial charge in [0.2, 0.25) is 5.91 Å². The Bertz CT molecular complexity index is 289. The van der Waals surface area contributed by atoms with E-state index in [1.807, 2.05) is 20.8 Å². The Labute approximate surface area is 102 Å². The quantitative estimate of drug-likeness (QED) is 0.807. The van der Waals surface area contributed by atoms with Crippen LogP contribution in [-0.4, -0.2) is 46.7 Å². The molecule has 5 nitrogen and oxygen atoms in total. The normalized spacial score (nSPS) is 20.3. The van der Waals surface area contributed by atoms with Crippen molar-refractivity contribution in [3.63, 3.8) is 0 Å². The lowest BCUT2D eigenvalue weighted by atomic mass is 10.0. The highest BCUT2D eigenvalue weighted by atomic mass is 16.5. The highest BCUT2D eigenvalue weighted by Crippen LogP contribution is 2.20. The van der Waals surface area contributed by atoms with Crippen molar-refractivity contribution < 1.29 is 19.4 Å². The number of amides is 1. The number of ether oxygens (including phenoxy) is 1. The average molecular weight is 243 g/mol. The molecule has 1 saturated heterocycles. The number of carbonyl (C=O) groups excluding carboxylic acids is 1. The van der Waals surface area contributed by atoms with Crippen molar-refractivity contribution in [2.45, 2.75) is 51.7 Å². The van der Waals surface area contributed by atoms with E-state index >= 15 is 0 Å². The summed E-state index contributed by atoms with van der Waals surface area (Å²) in [6.07, 6.45) is 2.11. The Morgan fingerprint density at radius 2 is 2.06 bits per heavy atom. The molecule has 1 heterocycles. The SMILES string of the molecule is CC(C)(C)N(CC(=O)O)C(=O)CC1CCCO1. The van der Waals surface area contributed by atoms with Gasteiger partial charge < -0.3 is 14.7 Å². The number of hydrogen-bond donors (Lipinski definition) is 1. The van der Waals surface area contributed by atoms with Crippen LogP contribution in [0, 0.1) is 0 Å². The lowest BCUT2D eigenvalue weighted by Gasteiger charge is -2.35. The minimum Gasteiger partial charge on any atom is -0.480 e. The molecule has 17 heavy (non-hydrogen) atoms. The second-order valence-corrected chi connectivity index (χ2v) is 5.38. The minimum atomic E-state index is -0.986. The molecular formula is C12H21NO4. The van der Waals surface area contributed by atoms with Crippen LogP contribution in [0.5, 0.6) is 0 Å². The van der Waals surface area contributed by atoms with E-state index in [-0.39, 0.29) is 25.0 Å². The van der Waals surface area contributed by atoms with Gasteiger partial charge in [-0.15, -0.1) is 0 Å². The summed E-state index contributed by atoms with van der Waals surface area (Å²) in [5.41, 5.74) is -0.478. The molecule has 1 rings (SSSR count). The number of nitrogens with zero attached hydrogens (tertiary/aromatic N) is 1. The predicted octanol–water partition coefficient (Wildman–Crippen LogP) is 1.27. The van der Waals surface area contributed by atoms with Crippen LogP contribution in [0.4, 0.5) is 0 Å². The van der Waals surface area contributed by atoms with Crippen LogP contribution in [0.15, 0.2) is 0 Å². The van der Waals surface area contributed by atoms with Gasteiger partial charge in [-0.25, -0.2) is 0 Å². The van der Waals surface area contributed by atoms with Gasteiger partial charge in [-0.05, 0) is 33.6 Å². The van der Waals surface area contributed by atoms with Crippen molar-refractivity contribution in [3.05, 3.63) is 0 Å². The van der Waals surface area contributed by atoms with E-state index < -0.39 is 11.5 Å². The monoisotopic (exact) mass is 243 g/mol. The topological polar surface area (TPSA) is 66.8 Å². The van der Waals surface area contributed by atoms with Gasteiger partial charge >= 0.3 is 5.97 Å². The van der Waals surface area contributed by atoms with Crippen molar-refractivity contribution in [3.8, 4) is 0 Å². The van der Waals surface area contributed by atoms with E-state index in [4.69, 9.17) is 9.84 Å². The first-order valence-corrected chi connectivity index (χ1v) is 5.94. The molecule has 1 aliphatic heterocycles. The number of carboxylic acid groups (broad SMARTS) is 1. The molecule has 1 atom stereocenters. The van der Waals surface area contributed by atoms with Crippen LogP contribution >= 0.6 is 0 Å². The molecule has 1 amide bonds. The van der Waals surface area contributed by atoms with Crippen molar-refractivity contribution in [2.75, 3.05) is 13.2 Å². The van der Waals surface area contributed by atoms with Gasteiger partial charge in [0.15, 0.2) is 0 Å². The summed E-state index contributed by atoms with van der Waals surface area (Å²) in [6, 6.07) is 0. The fourth-order valence-electron chi connectivity index (χ4n) is 1.94. The zero-order valence-electron chi connectivity index (χ0n) is 10.7. The van der Waals surface area contributed by atoms with Crippen LogP contribution in [0.1, 0.15) is 40.0 Å². The highest BCUT2D eigenvalue weighted by Gasteiger charge is 2.30. The summed E-state index contributed by atoms with van der Waals surface area (Å²) in [4.78, 5) is 24.2. The molecule has 0 saturated carbocycles. The Morgan fingerprint density at radius 3 is 2.47 bits per heavy atom. The lowest BCUT2D eigenvalue weighted by molar-refractivity contribution is -0.149. The molecule has 98 valence electrons. The first-order valence-electron chi connectivity index (χ1n) is 5.94. The standard InChI is InChI=1S/C12H21NO4/c1-12(2,3)13(8-11(15)16)10(14)7-9-5-4-6-17-9/h9H,4-8H2,1-3H3,(H,15,16). The molecule has 0 aromatic rings. The molecule has 1 unspecified atom stereocenters. The molecule has 0 aromatic carbocycles. The Morgan fingerprint density at radius 1 is 1.41 bits per heavy atom. The third kappa shape index (κ3) is 4.34. The third-order valence-electron chi connectivity index (χ3n) is 2.83. The van der Waals surface area contributed by atoms with E-state index in [9.17, 15) is 9.59 Å². The fourth-order valence-corrected chi connectivity index (χ4v) is 1.94. The molecule has 0 spiro atoms. The molecule has 1 aliphatic rings. The zero-order valence-corrected chi connectivity index (χ0v) is 10.7. The number of carboxylic acids is 1. The van der Waals surface area contributed by atoms with E-state index in [0.717, 1.165) is 12.8 Å². The second-order valence-electron chi connectivity index (χ2n) is 5.38. The molecule has 0 aliphatic carbocycles. The maximum Gasteiger partial charge on any atom is 0.323 e. The molecular weight excluding hydrogens is 222 g/mol. The first-order chi connectivity index (χ1) is 7.80. The average Bonchev–Trinajstić information content (AvgIpc) is 2.64. The van der Waals surface area contributed by atoms with Crippen LogP contribution < -0.4 is 0 Å². The molecule has 1 N–H and O–H groups in total. The molecule has 1 fully saturated rings. The van der Waals surface area contributed by atoms with E-state index in [1.165, 1.54) is 4.90 Å². The van der Waals surface area contributed by atoms with Gasteiger partial charge in [0.25, 0.3) is 0 Å². The number of hydrogen-bond acceptors (Lipinski definition) is 3. The van der Waals surface area contributed by atoms with E-state index in [0.29, 0.717) is 6.61 Å². The largest absolute Gasteiger partial charge is 0.480 e.